The molecule has 1 aromatic rings. The van der Waals surface area contributed by atoms with Crippen LogP contribution in [-0.2, 0) is 6.42 Å². The van der Waals surface area contributed by atoms with E-state index < -0.39 is 0 Å². The van der Waals surface area contributed by atoms with Crippen LogP contribution < -0.4 is 5.73 Å². The highest BCUT2D eigenvalue weighted by molar-refractivity contribution is 5.29. The van der Waals surface area contributed by atoms with Gasteiger partial charge in [0.25, 0.3) is 0 Å². The summed E-state index contributed by atoms with van der Waals surface area (Å²) in [5.41, 5.74) is 6.61. The summed E-state index contributed by atoms with van der Waals surface area (Å²) in [7, 11) is 4.09. The van der Waals surface area contributed by atoms with Crippen molar-refractivity contribution in [3.63, 3.8) is 0 Å². The van der Waals surface area contributed by atoms with E-state index in [0.29, 0.717) is 5.82 Å². The lowest BCUT2D eigenvalue weighted by Gasteiger charge is -2.08. The molecule has 3 heteroatoms. The molecule has 0 unspecified atom stereocenters. The Kier molecular flexibility index (Phi) is 3.05. The molecule has 1 heterocycles. The van der Waals surface area contributed by atoms with E-state index in [2.05, 4.69) is 16.0 Å². The summed E-state index contributed by atoms with van der Waals surface area (Å²) in [5.74, 6) is 0.478. The molecular formula is C9H14N3. The Bertz CT molecular complexity index is 245. The molecular weight excluding hydrogens is 150 g/mol. The molecule has 0 aliphatic carbocycles. The van der Waals surface area contributed by atoms with E-state index >= 15 is 0 Å². The van der Waals surface area contributed by atoms with Gasteiger partial charge >= 0.3 is 0 Å². The van der Waals surface area contributed by atoms with E-state index in [0.717, 1.165) is 18.5 Å². The molecule has 1 aromatic heterocycles. The second-order valence-corrected chi connectivity index (χ2v) is 3.03. The van der Waals surface area contributed by atoms with Crippen LogP contribution in [0.4, 0.5) is 5.82 Å². The fourth-order valence-corrected chi connectivity index (χ4v) is 0.936. The number of anilines is 1. The Morgan fingerprint density at radius 3 is 2.92 bits per heavy atom. The van der Waals surface area contributed by atoms with Gasteiger partial charge in [0.15, 0.2) is 0 Å². The summed E-state index contributed by atoms with van der Waals surface area (Å²) in [5, 5.41) is 0. The molecule has 0 bridgehead atoms. The van der Waals surface area contributed by atoms with Gasteiger partial charge in [0.1, 0.15) is 5.82 Å². The minimum Gasteiger partial charge on any atom is -0.383 e. The monoisotopic (exact) mass is 164 g/mol. The van der Waals surface area contributed by atoms with Crippen LogP contribution in [0.3, 0.4) is 0 Å². The summed E-state index contributed by atoms with van der Waals surface area (Å²) in [6, 6.07) is 4.95. The van der Waals surface area contributed by atoms with E-state index in [-0.39, 0.29) is 0 Å². The van der Waals surface area contributed by atoms with Crippen molar-refractivity contribution < 1.29 is 0 Å². The lowest BCUT2D eigenvalue weighted by molar-refractivity contribution is 0.413. The summed E-state index contributed by atoms with van der Waals surface area (Å²) in [4.78, 5) is 6.00. The van der Waals surface area contributed by atoms with E-state index in [4.69, 9.17) is 5.73 Å². The summed E-state index contributed by atoms with van der Waals surface area (Å²) in [6.45, 7) is 1.01. The van der Waals surface area contributed by atoms with Gasteiger partial charge in [-0.05, 0) is 32.1 Å². The third-order valence-corrected chi connectivity index (χ3v) is 1.61. The van der Waals surface area contributed by atoms with Gasteiger partial charge in [0, 0.05) is 18.8 Å². The van der Waals surface area contributed by atoms with Crippen molar-refractivity contribution in [3.05, 3.63) is 23.9 Å². The van der Waals surface area contributed by atoms with E-state index in [1.807, 2.05) is 20.2 Å². The molecule has 0 atom stereocenters. The fourth-order valence-electron chi connectivity index (χ4n) is 0.936. The lowest BCUT2D eigenvalue weighted by Crippen LogP contribution is -2.15. The van der Waals surface area contributed by atoms with Gasteiger partial charge < -0.3 is 10.6 Å². The van der Waals surface area contributed by atoms with Gasteiger partial charge in [-0.3, -0.25) is 0 Å². The van der Waals surface area contributed by atoms with Gasteiger partial charge in [-0.15, -0.1) is 0 Å². The molecule has 0 amide bonds. The Balaban J connectivity index is 2.52. The van der Waals surface area contributed by atoms with Crippen LogP contribution in [0.25, 0.3) is 0 Å². The number of hydrogen-bond acceptors (Lipinski definition) is 3. The van der Waals surface area contributed by atoms with E-state index in [1.165, 1.54) is 0 Å². The topological polar surface area (TPSA) is 42.1 Å². The number of nitrogen functional groups attached to an aromatic ring is 1. The molecule has 0 aromatic carbocycles. The van der Waals surface area contributed by atoms with Gasteiger partial charge in [-0.2, -0.15) is 0 Å². The number of nitrogens with zero attached hydrogens (tertiary/aromatic N) is 2. The van der Waals surface area contributed by atoms with Crippen LogP contribution in [0.2, 0.25) is 0 Å². The molecule has 0 saturated heterocycles. The van der Waals surface area contributed by atoms with Crippen molar-refractivity contribution in [2.24, 2.45) is 0 Å². The first-order valence-corrected chi connectivity index (χ1v) is 3.96. The highest BCUT2D eigenvalue weighted by Crippen LogP contribution is 2.02. The third kappa shape index (κ3) is 2.88. The number of likely N-dealkylation sites (N-methyl/N-ethyl adjacent to an activating group) is 1. The number of nitrogens with two attached hydrogens (primary N) is 1. The minimum atomic E-state index is 0.478. The molecule has 0 aliphatic rings. The molecule has 2 N–H and O–H groups in total. The van der Waals surface area contributed by atoms with E-state index in [1.54, 1.807) is 6.20 Å². The molecule has 0 aliphatic heterocycles. The Labute approximate surface area is 73.2 Å². The maximum atomic E-state index is 5.48. The molecule has 65 valence electrons. The van der Waals surface area contributed by atoms with Crippen LogP contribution in [-0.4, -0.2) is 30.5 Å². The molecule has 3 nitrogen and oxygen atoms in total. The van der Waals surface area contributed by atoms with E-state index in [9.17, 15) is 0 Å². The summed E-state index contributed by atoms with van der Waals surface area (Å²) >= 11 is 0. The van der Waals surface area contributed by atoms with Crippen LogP contribution in [0, 0.1) is 6.07 Å². The minimum absolute atomic E-state index is 0.478. The zero-order valence-corrected chi connectivity index (χ0v) is 7.54. The summed E-state index contributed by atoms with van der Waals surface area (Å²) < 4.78 is 0. The number of aromatic nitrogens is 1. The van der Waals surface area contributed by atoms with Crippen molar-refractivity contribution in [1.82, 2.24) is 9.88 Å². The van der Waals surface area contributed by atoms with Crippen molar-refractivity contribution in [3.8, 4) is 0 Å². The summed E-state index contributed by atoms with van der Waals surface area (Å²) in [6.07, 6.45) is 2.69. The zero-order valence-electron chi connectivity index (χ0n) is 7.54. The van der Waals surface area contributed by atoms with Gasteiger partial charge in [0.2, 0.25) is 0 Å². The molecule has 0 saturated carbocycles. The molecule has 1 radical (unpaired) electrons. The zero-order chi connectivity index (χ0) is 8.97. The SMILES string of the molecule is CN(C)CCc1[c]c(N)ncc1. The first-order chi connectivity index (χ1) is 5.68. The molecule has 0 fully saturated rings. The smallest absolute Gasteiger partial charge is 0.131 e. The maximum Gasteiger partial charge on any atom is 0.131 e. The van der Waals surface area contributed by atoms with Crippen LogP contribution in [0.1, 0.15) is 5.56 Å². The first-order valence-electron chi connectivity index (χ1n) is 3.96. The van der Waals surface area contributed by atoms with Gasteiger partial charge in [-0.1, -0.05) is 0 Å². The lowest BCUT2D eigenvalue weighted by atomic mass is 10.2. The second-order valence-electron chi connectivity index (χ2n) is 3.03. The van der Waals surface area contributed by atoms with Crippen LogP contribution in [0.5, 0.6) is 0 Å². The predicted molar refractivity (Wildman–Crippen MR) is 49.7 cm³/mol. The number of rotatable bonds is 3. The first kappa shape index (κ1) is 9.00. The average Bonchev–Trinajstić information content (AvgIpc) is 2.01. The van der Waals surface area contributed by atoms with Crippen LogP contribution in [0.15, 0.2) is 12.3 Å². The highest BCUT2D eigenvalue weighted by atomic mass is 15.0. The number of hydrogen-bond donors (Lipinski definition) is 1. The van der Waals surface area contributed by atoms with Gasteiger partial charge in [-0.25, -0.2) is 4.98 Å². The Morgan fingerprint density at radius 2 is 2.33 bits per heavy atom. The normalized spacial score (nSPS) is 10.6. The van der Waals surface area contributed by atoms with Crippen molar-refractivity contribution in [1.29, 1.82) is 0 Å². The molecule has 0 spiro atoms. The average molecular weight is 164 g/mol. The molecule has 1 rings (SSSR count). The second kappa shape index (κ2) is 4.07. The van der Waals surface area contributed by atoms with Crippen molar-refractivity contribution >= 4 is 5.82 Å². The third-order valence-electron chi connectivity index (χ3n) is 1.61. The van der Waals surface area contributed by atoms with Crippen LogP contribution >= 0.6 is 0 Å². The van der Waals surface area contributed by atoms with Gasteiger partial charge in [0.05, 0.1) is 0 Å². The quantitative estimate of drug-likeness (QED) is 0.710. The maximum absolute atomic E-state index is 5.48. The molecule has 12 heavy (non-hydrogen) atoms. The highest BCUT2D eigenvalue weighted by Gasteiger charge is 1.95. The Hall–Kier alpha value is -1.09. The number of pyridine rings is 1. The van der Waals surface area contributed by atoms with Crippen molar-refractivity contribution in [2.75, 3.05) is 26.4 Å². The standard InChI is InChI=1S/C9H14N3/c1-12(2)6-4-8-3-5-11-9(10)7-8/h3,5H,4,6H2,1-2H3,(H2,10,11). The van der Waals surface area contributed by atoms with Crippen molar-refractivity contribution in [2.45, 2.75) is 6.42 Å². The largest absolute Gasteiger partial charge is 0.383 e. The fraction of sp³-hybridized carbons (Fsp3) is 0.444. The Morgan fingerprint density at radius 1 is 1.58 bits per heavy atom. The predicted octanol–water partition coefficient (Wildman–Crippen LogP) is 0.568.